The summed E-state index contributed by atoms with van der Waals surface area (Å²) < 4.78 is 46.2. The third-order valence-corrected chi connectivity index (χ3v) is 4.57. The number of alkyl halides is 3. The number of carbonyl (C=O) groups excluding carboxylic acids is 2. The lowest BCUT2D eigenvalue weighted by molar-refractivity contribution is -0.176. The quantitative estimate of drug-likeness (QED) is 0.737. The average Bonchev–Trinajstić information content (AvgIpc) is 2.64. The van der Waals surface area contributed by atoms with Gasteiger partial charge < -0.3 is 19.7 Å². The predicted octanol–water partition coefficient (Wildman–Crippen LogP) is 4.14. The van der Waals surface area contributed by atoms with Gasteiger partial charge in [0, 0.05) is 25.2 Å². The van der Waals surface area contributed by atoms with Crippen molar-refractivity contribution in [1.29, 1.82) is 0 Å². The summed E-state index contributed by atoms with van der Waals surface area (Å²) in [5, 5.41) is 2.77. The van der Waals surface area contributed by atoms with Crippen LogP contribution in [0.1, 0.15) is 49.5 Å². The highest BCUT2D eigenvalue weighted by atomic mass is 19.4. The Morgan fingerprint density at radius 3 is 2.23 bits per heavy atom. The number of piperidine rings is 1. The summed E-state index contributed by atoms with van der Waals surface area (Å²) in [6, 6.07) is 6.40. The van der Waals surface area contributed by atoms with E-state index >= 15 is 0 Å². The minimum atomic E-state index is -4.36. The fraction of sp³-hybridized carbons (Fsp3) is 0.619. The smallest absolute Gasteiger partial charge is 0.411 e. The number of hydrogen-bond acceptors (Lipinski definition) is 4. The second kappa shape index (κ2) is 10.1. The average molecular weight is 430 g/mol. The summed E-state index contributed by atoms with van der Waals surface area (Å²) in [6.07, 6.45) is -3.26. The summed E-state index contributed by atoms with van der Waals surface area (Å²) in [4.78, 5) is 26.1. The van der Waals surface area contributed by atoms with E-state index in [-0.39, 0.29) is 18.4 Å². The summed E-state index contributed by atoms with van der Waals surface area (Å²) in [7, 11) is 0. The summed E-state index contributed by atoms with van der Waals surface area (Å²) >= 11 is 0. The largest absolute Gasteiger partial charge is 0.444 e. The monoisotopic (exact) mass is 430 g/mol. The van der Waals surface area contributed by atoms with Crippen molar-refractivity contribution in [3.8, 4) is 0 Å². The van der Waals surface area contributed by atoms with Crippen LogP contribution in [0.15, 0.2) is 24.3 Å². The molecule has 1 saturated heterocycles. The van der Waals surface area contributed by atoms with Crippen molar-refractivity contribution in [2.75, 3.05) is 26.2 Å². The lowest BCUT2D eigenvalue weighted by Crippen LogP contribution is -2.42. The van der Waals surface area contributed by atoms with Gasteiger partial charge in [-0.25, -0.2) is 4.79 Å². The fourth-order valence-corrected chi connectivity index (χ4v) is 3.09. The van der Waals surface area contributed by atoms with Gasteiger partial charge in [0.05, 0.1) is 6.61 Å². The number of alkyl carbamates (subject to hydrolysis) is 1. The number of hydrogen-bond donors (Lipinski definition) is 1. The van der Waals surface area contributed by atoms with Gasteiger partial charge in [-0.3, -0.25) is 4.79 Å². The van der Waals surface area contributed by atoms with E-state index < -0.39 is 24.5 Å². The topological polar surface area (TPSA) is 67.9 Å². The van der Waals surface area contributed by atoms with Crippen LogP contribution < -0.4 is 5.32 Å². The van der Waals surface area contributed by atoms with E-state index in [1.807, 2.05) is 0 Å². The number of amides is 2. The third kappa shape index (κ3) is 8.61. The molecule has 1 aromatic carbocycles. The molecule has 0 radical (unpaired) electrons. The zero-order valence-corrected chi connectivity index (χ0v) is 17.6. The van der Waals surface area contributed by atoms with E-state index in [0.717, 1.165) is 12.8 Å². The van der Waals surface area contributed by atoms with Gasteiger partial charge in [-0.1, -0.05) is 12.1 Å². The van der Waals surface area contributed by atoms with Crippen molar-refractivity contribution in [3.63, 3.8) is 0 Å². The molecule has 6 nitrogen and oxygen atoms in total. The van der Waals surface area contributed by atoms with Crippen molar-refractivity contribution >= 4 is 12.0 Å². The van der Waals surface area contributed by atoms with Crippen LogP contribution >= 0.6 is 0 Å². The summed E-state index contributed by atoms with van der Waals surface area (Å²) in [5.41, 5.74) is 0.516. The molecule has 2 amide bonds. The molecule has 9 heteroatoms. The van der Waals surface area contributed by atoms with Gasteiger partial charge in [-0.05, 0) is 57.2 Å². The SMILES string of the molecule is CC(C)(C)OC(=O)NCC1CCN(C(=O)c2ccc(COCC(F)(F)F)cc2)CC1. The molecule has 0 bridgehead atoms. The van der Waals surface area contributed by atoms with Gasteiger partial charge in [0.1, 0.15) is 12.2 Å². The highest BCUT2D eigenvalue weighted by Crippen LogP contribution is 2.20. The maximum absolute atomic E-state index is 12.6. The number of likely N-dealkylation sites (tertiary alicyclic amines) is 1. The molecule has 0 atom stereocenters. The van der Waals surface area contributed by atoms with E-state index in [4.69, 9.17) is 4.74 Å². The Morgan fingerprint density at radius 2 is 1.70 bits per heavy atom. The maximum atomic E-state index is 12.6. The number of carbonyl (C=O) groups is 2. The van der Waals surface area contributed by atoms with Crippen molar-refractivity contribution < 1.29 is 32.2 Å². The molecule has 2 rings (SSSR count). The molecule has 1 N–H and O–H groups in total. The van der Waals surface area contributed by atoms with Crippen LogP contribution in [0.3, 0.4) is 0 Å². The second-order valence-electron chi connectivity index (χ2n) is 8.42. The van der Waals surface area contributed by atoms with Gasteiger partial charge >= 0.3 is 12.3 Å². The Kier molecular flexibility index (Phi) is 8.11. The minimum absolute atomic E-state index is 0.115. The van der Waals surface area contributed by atoms with Crippen LogP contribution in [0.25, 0.3) is 0 Å². The lowest BCUT2D eigenvalue weighted by Gasteiger charge is -2.32. The highest BCUT2D eigenvalue weighted by Gasteiger charge is 2.27. The second-order valence-corrected chi connectivity index (χ2v) is 8.42. The third-order valence-electron chi connectivity index (χ3n) is 4.57. The van der Waals surface area contributed by atoms with Crippen molar-refractivity contribution in [1.82, 2.24) is 10.2 Å². The molecule has 168 valence electrons. The van der Waals surface area contributed by atoms with Gasteiger partial charge in [0.15, 0.2) is 0 Å². The standard InChI is InChI=1S/C21H29F3N2O4/c1-20(2,3)30-19(28)25-12-15-8-10-26(11-9-15)18(27)17-6-4-16(5-7-17)13-29-14-21(22,23)24/h4-7,15H,8-14H2,1-3H3,(H,25,28). The molecule has 1 aromatic rings. The van der Waals surface area contributed by atoms with E-state index in [9.17, 15) is 22.8 Å². The van der Waals surface area contributed by atoms with Gasteiger partial charge in [0.2, 0.25) is 0 Å². The predicted molar refractivity (Wildman–Crippen MR) is 105 cm³/mol. The number of ether oxygens (including phenoxy) is 2. The van der Waals surface area contributed by atoms with Crippen LogP contribution in [0, 0.1) is 5.92 Å². The van der Waals surface area contributed by atoms with Crippen molar-refractivity contribution in [2.24, 2.45) is 5.92 Å². The first-order valence-corrected chi connectivity index (χ1v) is 9.92. The Morgan fingerprint density at radius 1 is 1.10 bits per heavy atom. The molecule has 1 aliphatic heterocycles. The zero-order valence-electron chi connectivity index (χ0n) is 17.6. The number of rotatable bonds is 6. The first-order chi connectivity index (χ1) is 13.9. The molecule has 30 heavy (non-hydrogen) atoms. The maximum Gasteiger partial charge on any atom is 0.411 e. The number of nitrogens with one attached hydrogen (secondary N) is 1. The molecule has 1 heterocycles. The van der Waals surface area contributed by atoms with Crippen LogP contribution in [0.4, 0.5) is 18.0 Å². The Labute approximate surface area is 174 Å². The molecule has 1 fully saturated rings. The normalized spacial score (nSPS) is 15.7. The van der Waals surface area contributed by atoms with Gasteiger partial charge in [-0.15, -0.1) is 0 Å². The van der Waals surface area contributed by atoms with E-state index in [2.05, 4.69) is 10.1 Å². The Balaban J connectivity index is 1.75. The fourth-order valence-electron chi connectivity index (χ4n) is 3.09. The number of nitrogens with zero attached hydrogens (tertiary/aromatic N) is 1. The first kappa shape index (κ1) is 24.0. The van der Waals surface area contributed by atoms with Crippen LogP contribution in [0.2, 0.25) is 0 Å². The molecular formula is C21H29F3N2O4. The Hall–Kier alpha value is -2.29. The van der Waals surface area contributed by atoms with Crippen LogP contribution in [0.5, 0.6) is 0 Å². The lowest BCUT2D eigenvalue weighted by atomic mass is 9.96. The van der Waals surface area contributed by atoms with Crippen LogP contribution in [-0.2, 0) is 16.1 Å². The molecule has 0 saturated carbocycles. The van der Waals surface area contributed by atoms with Crippen molar-refractivity contribution in [2.45, 2.75) is 52.0 Å². The van der Waals surface area contributed by atoms with E-state index in [1.165, 1.54) is 0 Å². The van der Waals surface area contributed by atoms with Gasteiger partial charge in [-0.2, -0.15) is 13.2 Å². The molecule has 0 aromatic heterocycles. The first-order valence-electron chi connectivity index (χ1n) is 9.92. The van der Waals surface area contributed by atoms with E-state index in [0.29, 0.717) is 30.8 Å². The molecule has 0 aliphatic carbocycles. The summed E-state index contributed by atoms with van der Waals surface area (Å²) in [6.45, 7) is 5.61. The molecule has 0 spiro atoms. The minimum Gasteiger partial charge on any atom is -0.444 e. The molecule has 0 unspecified atom stereocenters. The van der Waals surface area contributed by atoms with E-state index in [1.54, 1.807) is 49.9 Å². The zero-order chi connectivity index (χ0) is 22.4. The van der Waals surface area contributed by atoms with Crippen LogP contribution in [-0.4, -0.2) is 54.9 Å². The van der Waals surface area contributed by atoms with Gasteiger partial charge in [0.25, 0.3) is 5.91 Å². The number of benzene rings is 1. The summed E-state index contributed by atoms with van der Waals surface area (Å²) in [5.74, 6) is 0.158. The molecular weight excluding hydrogens is 401 g/mol. The molecule has 1 aliphatic rings. The van der Waals surface area contributed by atoms with Crippen molar-refractivity contribution in [3.05, 3.63) is 35.4 Å². The highest BCUT2D eigenvalue weighted by molar-refractivity contribution is 5.94. The Bertz CT molecular complexity index is 706. The number of halogens is 3.